The Kier molecular flexibility index (Phi) is 7.26. The van der Waals surface area contributed by atoms with Crippen LogP contribution in [0.25, 0.3) is 0 Å². The number of nitrogens with one attached hydrogen (secondary N) is 2. The Bertz CT molecular complexity index is 400. The van der Waals surface area contributed by atoms with Crippen molar-refractivity contribution in [1.29, 1.82) is 0 Å². The van der Waals surface area contributed by atoms with Gasteiger partial charge in [-0.15, -0.1) is 0 Å². The zero-order chi connectivity index (χ0) is 15.9. The first kappa shape index (κ1) is 18.4. The van der Waals surface area contributed by atoms with Crippen LogP contribution < -0.4 is 16.4 Å². The van der Waals surface area contributed by atoms with Crippen LogP contribution in [-0.2, 0) is 18.9 Å². The summed E-state index contributed by atoms with van der Waals surface area (Å²) in [6.45, 7) is 2.46. The first-order chi connectivity index (χ1) is 9.10. The molecule has 0 aliphatic heterocycles. The quantitative estimate of drug-likeness (QED) is 0.277. The molecule has 0 aromatic heterocycles. The molecule has 20 heavy (non-hydrogen) atoms. The Hall–Kier alpha value is -1.57. The molecule has 0 radical (unpaired) electrons. The Labute approximate surface area is 117 Å². The maximum atomic E-state index is 11.7. The van der Waals surface area contributed by atoms with Crippen LogP contribution in [0.1, 0.15) is 26.7 Å². The van der Waals surface area contributed by atoms with Gasteiger partial charge in [-0.2, -0.15) is 0 Å². The van der Waals surface area contributed by atoms with Crippen LogP contribution in [0.15, 0.2) is 0 Å². The van der Waals surface area contributed by atoms with Crippen molar-refractivity contribution in [3.8, 4) is 0 Å². The average Bonchev–Trinajstić information content (AvgIpc) is 2.34. The predicted molar refractivity (Wildman–Crippen MR) is 68.8 cm³/mol. The number of aliphatic carboxylic acids is 1. The first-order valence-corrected chi connectivity index (χ1v) is 6.62. The summed E-state index contributed by atoms with van der Waals surface area (Å²) in [5, 5.41) is 22.0. The molecule has 2 amide bonds. The SMILES string of the molecule is C[C@H](NC(=O)[C@@](C)(N)NC(=O)CCC(O)P=O)C(=O)O. The molecule has 1 unspecified atom stereocenters. The van der Waals surface area contributed by atoms with E-state index in [0.717, 1.165) is 0 Å². The van der Waals surface area contributed by atoms with E-state index >= 15 is 0 Å². The molecule has 9 nitrogen and oxygen atoms in total. The highest BCUT2D eigenvalue weighted by Crippen LogP contribution is 2.09. The second-order valence-electron chi connectivity index (χ2n) is 4.41. The number of hydrogen-bond acceptors (Lipinski definition) is 6. The van der Waals surface area contributed by atoms with E-state index in [1.165, 1.54) is 13.8 Å². The molecule has 114 valence electrons. The number of carboxylic acid groups (broad SMARTS) is 1. The minimum atomic E-state index is -1.79. The highest BCUT2D eigenvalue weighted by molar-refractivity contribution is 7.24. The topological polar surface area (TPSA) is 159 Å². The lowest BCUT2D eigenvalue weighted by atomic mass is 10.1. The molecule has 0 aliphatic carbocycles. The number of nitrogens with two attached hydrogens (primary N) is 1. The van der Waals surface area contributed by atoms with Crippen molar-refractivity contribution in [1.82, 2.24) is 10.6 Å². The fourth-order valence-corrected chi connectivity index (χ4v) is 1.36. The van der Waals surface area contributed by atoms with Gasteiger partial charge in [0.05, 0.1) is 0 Å². The zero-order valence-corrected chi connectivity index (χ0v) is 12.0. The van der Waals surface area contributed by atoms with Crippen molar-refractivity contribution in [3.63, 3.8) is 0 Å². The summed E-state index contributed by atoms with van der Waals surface area (Å²) in [5.74, 6) is -3.89. The number of rotatable bonds is 8. The minimum absolute atomic E-state index is 0.0554. The molecule has 0 spiro atoms. The summed E-state index contributed by atoms with van der Waals surface area (Å²) in [5.41, 5.74) is 3.79. The number of aliphatic hydroxyl groups excluding tert-OH is 1. The Morgan fingerprint density at radius 3 is 2.40 bits per heavy atom. The summed E-state index contributed by atoms with van der Waals surface area (Å²) in [7, 11) is -0.495. The van der Waals surface area contributed by atoms with Gasteiger partial charge in [-0.1, -0.05) is 0 Å². The highest BCUT2D eigenvalue weighted by Gasteiger charge is 2.32. The molecular formula is C10H18N3O6P. The fraction of sp³-hybridized carbons (Fsp3) is 0.700. The van der Waals surface area contributed by atoms with Crippen molar-refractivity contribution in [3.05, 3.63) is 0 Å². The number of aliphatic hydroxyl groups is 1. The monoisotopic (exact) mass is 307 g/mol. The molecule has 6 N–H and O–H groups in total. The summed E-state index contributed by atoms with van der Waals surface area (Å²) in [4.78, 5) is 33.8. The minimum Gasteiger partial charge on any atom is -0.480 e. The number of amides is 2. The molecule has 0 aromatic rings. The highest BCUT2D eigenvalue weighted by atomic mass is 31.1. The van der Waals surface area contributed by atoms with Crippen LogP contribution >= 0.6 is 8.46 Å². The van der Waals surface area contributed by atoms with Gasteiger partial charge in [-0.05, 0) is 20.3 Å². The van der Waals surface area contributed by atoms with E-state index in [-0.39, 0.29) is 12.8 Å². The Morgan fingerprint density at radius 1 is 1.40 bits per heavy atom. The van der Waals surface area contributed by atoms with Crippen LogP contribution in [0.2, 0.25) is 0 Å². The van der Waals surface area contributed by atoms with Gasteiger partial charge in [-0.3, -0.25) is 18.9 Å². The van der Waals surface area contributed by atoms with Crippen LogP contribution in [0.4, 0.5) is 0 Å². The predicted octanol–water partition coefficient (Wildman–Crippen LogP) is -1.24. The third kappa shape index (κ3) is 6.55. The van der Waals surface area contributed by atoms with Gasteiger partial charge < -0.3 is 26.6 Å². The van der Waals surface area contributed by atoms with E-state index in [9.17, 15) is 18.9 Å². The van der Waals surface area contributed by atoms with Crippen molar-refractivity contribution in [2.45, 2.75) is 44.2 Å². The van der Waals surface area contributed by atoms with E-state index in [4.69, 9.17) is 15.9 Å². The third-order valence-electron chi connectivity index (χ3n) is 2.34. The second kappa shape index (κ2) is 7.88. The number of carboxylic acids is 1. The number of carbonyl (C=O) groups excluding carboxylic acids is 2. The smallest absolute Gasteiger partial charge is 0.325 e. The Balaban J connectivity index is 4.42. The fourth-order valence-electron chi connectivity index (χ4n) is 1.13. The second-order valence-corrected chi connectivity index (χ2v) is 5.22. The summed E-state index contributed by atoms with van der Waals surface area (Å²) < 4.78 is 10.3. The molecule has 0 bridgehead atoms. The van der Waals surface area contributed by atoms with Gasteiger partial charge in [0.1, 0.15) is 11.9 Å². The summed E-state index contributed by atoms with van der Waals surface area (Å²) in [6, 6.07) is -1.15. The lowest BCUT2D eigenvalue weighted by Crippen LogP contribution is -2.64. The average molecular weight is 307 g/mol. The van der Waals surface area contributed by atoms with Gasteiger partial charge in [0.15, 0.2) is 14.1 Å². The van der Waals surface area contributed by atoms with Crippen LogP contribution in [0.3, 0.4) is 0 Å². The van der Waals surface area contributed by atoms with E-state index in [1.54, 1.807) is 0 Å². The van der Waals surface area contributed by atoms with Gasteiger partial charge in [-0.25, -0.2) is 0 Å². The lowest BCUT2D eigenvalue weighted by molar-refractivity contribution is -0.142. The first-order valence-electron chi connectivity index (χ1n) is 5.74. The van der Waals surface area contributed by atoms with Gasteiger partial charge in [0, 0.05) is 6.42 Å². The third-order valence-corrected chi connectivity index (χ3v) is 2.84. The van der Waals surface area contributed by atoms with E-state index in [2.05, 4.69) is 10.6 Å². The van der Waals surface area contributed by atoms with Gasteiger partial charge in [0.2, 0.25) is 5.91 Å². The maximum Gasteiger partial charge on any atom is 0.325 e. The molecule has 0 rings (SSSR count). The lowest BCUT2D eigenvalue weighted by Gasteiger charge is -2.26. The maximum absolute atomic E-state index is 11.7. The molecule has 0 heterocycles. The van der Waals surface area contributed by atoms with Crippen LogP contribution in [0, 0.1) is 0 Å². The standard InChI is InChI=1S/C10H18N3O6P/c1-5(8(16)17)12-9(18)10(2,11)13-6(14)3-4-7(15)20-19/h5,7,15H,3-4,11H2,1-2H3,(H,12,18)(H,13,14)(H,16,17)/t5-,7?,10-/m0/s1. The molecular weight excluding hydrogens is 289 g/mol. The molecule has 0 saturated carbocycles. The van der Waals surface area contributed by atoms with Crippen molar-refractivity contribution < 1.29 is 29.2 Å². The summed E-state index contributed by atoms with van der Waals surface area (Å²) in [6.07, 6.45) is -0.231. The zero-order valence-electron chi connectivity index (χ0n) is 11.1. The largest absolute Gasteiger partial charge is 0.480 e. The Morgan fingerprint density at radius 2 is 1.95 bits per heavy atom. The van der Waals surface area contributed by atoms with Crippen LogP contribution in [0.5, 0.6) is 0 Å². The molecule has 3 atom stereocenters. The molecule has 0 aromatic carbocycles. The number of hydrogen-bond donors (Lipinski definition) is 5. The van der Waals surface area contributed by atoms with Crippen molar-refractivity contribution >= 4 is 26.2 Å². The van der Waals surface area contributed by atoms with E-state index in [1.807, 2.05) is 0 Å². The number of carbonyl (C=O) groups is 3. The van der Waals surface area contributed by atoms with Crippen LogP contribution in [-0.4, -0.2) is 45.5 Å². The van der Waals surface area contributed by atoms with E-state index in [0.29, 0.717) is 0 Å². The normalized spacial score (nSPS) is 16.8. The molecule has 0 aliphatic rings. The van der Waals surface area contributed by atoms with Crippen molar-refractivity contribution in [2.75, 3.05) is 0 Å². The van der Waals surface area contributed by atoms with Gasteiger partial charge in [0.25, 0.3) is 5.91 Å². The van der Waals surface area contributed by atoms with Crippen molar-refractivity contribution in [2.24, 2.45) is 5.73 Å². The van der Waals surface area contributed by atoms with Gasteiger partial charge >= 0.3 is 5.97 Å². The molecule has 10 heteroatoms. The van der Waals surface area contributed by atoms with E-state index < -0.39 is 43.8 Å². The molecule has 0 fully saturated rings. The summed E-state index contributed by atoms with van der Waals surface area (Å²) >= 11 is 0. The molecule has 0 saturated heterocycles.